The number of pyridine rings is 1. The molecule has 0 saturated carbocycles. The zero-order chi connectivity index (χ0) is 43.5. The van der Waals surface area contributed by atoms with Crippen molar-refractivity contribution in [1.82, 2.24) is 9.55 Å². The van der Waals surface area contributed by atoms with Crippen LogP contribution in [0.3, 0.4) is 0 Å². The van der Waals surface area contributed by atoms with Gasteiger partial charge in [0, 0.05) is 62.2 Å². The quantitative estimate of drug-likeness (QED) is 0.135. The van der Waals surface area contributed by atoms with Gasteiger partial charge in [-0.3, -0.25) is 0 Å². The van der Waals surface area contributed by atoms with Crippen LogP contribution in [0.25, 0.3) is 38.8 Å². The Kier molecular flexibility index (Phi) is 12.0. The molecule has 63 heavy (non-hydrogen) atoms. The third-order valence-electron chi connectivity index (χ3n) is 12.2. The van der Waals surface area contributed by atoms with Crippen molar-refractivity contribution in [2.24, 2.45) is 0 Å². The fourth-order valence-electron chi connectivity index (χ4n) is 9.11. The summed E-state index contributed by atoms with van der Waals surface area (Å²) in [4.78, 5) is 9.55. The summed E-state index contributed by atoms with van der Waals surface area (Å²) in [5, 5.41) is 2.24. The maximum atomic E-state index is 6.98. The van der Waals surface area contributed by atoms with E-state index in [0.717, 1.165) is 56.8 Å². The van der Waals surface area contributed by atoms with Crippen LogP contribution < -0.4 is 14.5 Å². The van der Waals surface area contributed by atoms with Crippen LogP contribution in [0.4, 0.5) is 17.1 Å². The van der Waals surface area contributed by atoms with Gasteiger partial charge < -0.3 is 19.1 Å². The van der Waals surface area contributed by atoms with Gasteiger partial charge in [-0.25, -0.2) is 4.98 Å². The molecule has 9 rings (SSSR count). The molecule has 0 unspecified atom stereocenters. The Labute approximate surface area is 389 Å². The van der Waals surface area contributed by atoms with Crippen LogP contribution in [0.15, 0.2) is 134 Å². The molecule has 0 saturated heterocycles. The second-order valence-electron chi connectivity index (χ2n) is 19.4. The summed E-state index contributed by atoms with van der Waals surface area (Å²) in [5.74, 6) is 2.74. The average Bonchev–Trinajstić information content (AvgIpc) is 3.78. The molecule has 324 valence electrons. The van der Waals surface area contributed by atoms with Crippen LogP contribution in [0.2, 0.25) is 0 Å². The van der Waals surface area contributed by atoms with Crippen LogP contribution in [0, 0.1) is 18.8 Å². The minimum atomic E-state index is -0.0299. The molecular formula is C57H57N4OPt-3. The van der Waals surface area contributed by atoms with Crippen LogP contribution in [0.1, 0.15) is 109 Å². The van der Waals surface area contributed by atoms with E-state index in [0.29, 0.717) is 23.3 Å². The third-order valence-corrected chi connectivity index (χ3v) is 12.2. The second kappa shape index (κ2) is 17.1. The van der Waals surface area contributed by atoms with Crippen molar-refractivity contribution in [3.05, 3.63) is 180 Å². The van der Waals surface area contributed by atoms with Gasteiger partial charge in [0.1, 0.15) is 5.82 Å². The van der Waals surface area contributed by atoms with E-state index in [9.17, 15) is 0 Å². The Morgan fingerprint density at radius 2 is 1.33 bits per heavy atom. The number of ether oxygens (including phenoxy) is 1. The SMILES string of the molecule is CC(C)c1cccc(C(C)C)c1-c1cc(Oc2[c-]c3c(cc2)c2ccccc2n3-c2cc(C(C)(C)C)ccn2)[c-]c(N2[CH-]N(Cc3ccccc3C(C)(C)C)c3ccccc32)c1.[Pt]. The molecule has 0 spiro atoms. The summed E-state index contributed by atoms with van der Waals surface area (Å²) in [6.07, 6.45) is 1.91. The minimum absolute atomic E-state index is 0. The van der Waals surface area contributed by atoms with E-state index < -0.39 is 0 Å². The summed E-state index contributed by atoms with van der Waals surface area (Å²) in [6.45, 7) is 25.7. The van der Waals surface area contributed by atoms with Crippen LogP contribution in [0.5, 0.6) is 11.5 Å². The van der Waals surface area contributed by atoms with E-state index in [1.165, 1.54) is 33.4 Å². The molecule has 1 aliphatic rings. The minimum Gasteiger partial charge on any atom is -0.509 e. The third kappa shape index (κ3) is 8.45. The summed E-state index contributed by atoms with van der Waals surface area (Å²) >= 11 is 0. The first-order valence-corrected chi connectivity index (χ1v) is 22.0. The predicted molar refractivity (Wildman–Crippen MR) is 259 cm³/mol. The smallest absolute Gasteiger partial charge is 0.135 e. The molecule has 6 aromatic carbocycles. The van der Waals surface area contributed by atoms with Crippen molar-refractivity contribution in [3.63, 3.8) is 0 Å². The number of nitrogens with zero attached hydrogens (tertiary/aromatic N) is 4. The van der Waals surface area contributed by atoms with Gasteiger partial charge in [0.25, 0.3) is 0 Å². The fraction of sp³-hybridized carbons (Fsp3) is 0.263. The fourth-order valence-corrected chi connectivity index (χ4v) is 9.11. The number of fused-ring (bicyclic) bond motifs is 4. The summed E-state index contributed by atoms with van der Waals surface area (Å²) < 4.78 is 9.20. The summed E-state index contributed by atoms with van der Waals surface area (Å²) in [5.41, 5.74) is 14.0. The number of benzene rings is 6. The molecule has 3 heterocycles. The van der Waals surface area contributed by atoms with Gasteiger partial charge in [0.15, 0.2) is 0 Å². The number of hydrogen-bond acceptors (Lipinski definition) is 4. The first kappa shape index (κ1) is 44.0. The molecule has 0 amide bonds. The summed E-state index contributed by atoms with van der Waals surface area (Å²) in [6, 6.07) is 53.2. The van der Waals surface area contributed by atoms with E-state index in [1.54, 1.807) is 0 Å². The van der Waals surface area contributed by atoms with E-state index in [2.05, 4.69) is 224 Å². The Morgan fingerprint density at radius 1 is 0.651 bits per heavy atom. The molecule has 0 radical (unpaired) electrons. The number of hydrogen-bond donors (Lipinski definition) is 0. The Hall–Kier alpha value is -5.64. The van der Waals surface area contributed by atoms with E-state index in [4.69, 9.17) is 9.72 Å². The Balaban J connectivity index is 0.00000544. The monoisotopic (exact) mass is 1010 g/mol. The van der Waals surface area contributed by atoms with Crippen molar-refractivity contribution in [1.29, 1.82) is 0 Å². The van der Waals surface area contributed by atoms with Gasteiger partial charge in [-0.05, 0) is 91.8 Å². The van der Waals surface area contributed by atoms with E-state index in [1.807, 2.05) is 12.3 Å². The maximum absolute atomic E-state index is 6.98. The maximum Gasteiger partial charge on any atom is 0.135 e. The second-order valence-corrected chi connectivity index (χ2v) is 19.4. The normalized spacial score (nSPS) is 13.0. The van der Waals surface area contributed by atoms with Crippen molar-refractivity contribution < 1.29 is 25.8 Å². The van der Waals surface area contributed by atoms with Gasteiger partial charge in [0.05, 0.1) is 0 Å². The predicted octanol–water partition coefficient (Wildman–Crippen LogP) is 15.4. The molecule has 0 N–H and O–H groups in total. The average molecular weight is 1010 g/mol. The molecule has 0 fully saturated rings. The van der Waals surface area contributed by atoms with Crippen LogP contribution in [-0.4, -0.2) is 9.55 Å². The summed E-state index contributed by atoms with van der Waals surface area (Å²) in [7, 11) is 0. The van der Waals surface area contributed by atoms with Crippen molar-refractivity contribution in [2.45, 2.75) is 98.4 Å². The van der Waals surface area contributed by atoms with Crippen LogP contribution in [-0.2, 0) is 38.4 Å². The molecule has 0 aliphatic carbocycles. The molecule has 5 nitrogen and oxygen atoms in total. The molecule has 0 bridgehead atoms. The van der Waals surface area contributed by atoms with Gasteiger partial charge in [-0.2, -0.15) is 12.7 Å². The van der Waals surface area contributed by atoms with Gasteiger partial charge in [-0.15, -0.1) is 47.0 Å². The zero-order valence-corrected chi connectivity index (χ0v) is 40.4. The Bertz CT molecular complexity index is 2920. The number of anilines is 3. The molecule has 8 aromatic rings. The number of para-hydroxylation sites is 3. The molecule has 0 atom stereocenters. The van der Waals surface area contributed by atoms with Crippen molar-refractivity contribution >= 4 is 38.9 Å². The van der Waals surface area contributed by atoms with Crippen molar-refractivity contribution in [3.8, 4) is 28.4 Å². The van der Waals surface area contributed by atoms with Crippen molar-refractivity contribution in [2.75, 3.05) is 9.80 Å². The standard InChI is InChI=1S/C57H57N4O.Pt/c1-37(2)45-20-17-21-46(38(3)4)55(45)40-30-42(60-36-59(51-24-15-16-25-52(51)60)35-39-18-11-13-22-49(39)57(8,9)10)33-44(31-40)62-43-26-27-48-47-19-12-14-23-50(47)61(53(48)34-43)54-32-41(28-29-58-54)56(5,6)7;/h11-32,36-38H,35H2,1-10H3;/q-3;. The number of aromatic nitrogens is 2. The first-order chi connectivity index (χ1) is 29.7. The van der Waals surface area contributed by atoms with Crippen LogP contribution >= 0.6 is 0 Å². The molecule has 1 aliphatic heterocycles. The van der Waals surface area contributed by atoms with E-state index >= 15 is 0 Å². The van der Waals surface area contributed by atoms with Gasteiger partial charge in [-0.1, -0.05) is 148 Å². The largest absolute Gasteiger partial charge is 0.509 e. The van der Waals surface area contributed by atoms with Gasteiger partial charge in [0.2, 0.25) is 0 Å². The molecule has 6 heteroatoms. The first-order valence-electron chi connectivity index (χ1n) is 22.0. The molecular weight excluding hydrogens is 952 g/mol. The zero-order valence-electron chi connectivity index (χ0n) is 38.2. The van der Waals surface area contributed by atoms with E-state index in [-0.39, 0.29) is 31.9 Å². The topological polar surface area (TPSA) is 33.5 Å². The number of rotatable bonds is 9. The van der Waals surface area contributed by atoms with Gasteiger partial charge >= 0.3 is 0 Å². The molecule has 2 aromatic heterocycles. The Morgan fingerprint density at radius 3 is 2.05 bits per heavy atom.